The van der Waals surface area contributed by atoms with Crippen LogP contribution < -0.4 is 10.6 Å². The molecule has 0 fully saturated rings. The van der Waals surface area contributed by atoms with Crippen LogP contribution in [0.1, 0.15) is 25.3 Å². The second kappa shape index (κ2) is 8.53. The zero-order chi connectivity index (χ0) is 15.0. The second-order valence-electron chi connectivity index (χ2n) is 4.39. The van der Waals surface area contributed by atoms with Gasteiger partial charge in [0, 0.05) is 24.4 Å². The van der Waals surface area contributed by atoms with Gasteiger partial charge in [0.25, 0.3) is 0 Å². The molecule has 0 heterocycles. The summed E-state index contributed by atoms with van der Waals surface area (Å²) in [6.45, 7) is 1.67. The third kappa shape index (κ3) is 5.57. The lowest BCUT2D eigenvalue weighted by atomic mass is 10.2. The highest BCUT2D eigenvalue weighted by Crippen LogP contribution is 2.05. The van der Waals surface area contributed by atoms with E-state index in [9.17, 15) is 14.0 Å². The molecule has 0 aromatic heterocycles. The molecule has 110 valence electrons. The van der Waals surface area contributed by atoms with Crippen molar-refractivity contribution in [2.45, 2.75) is 32.4 Å². The molecule has 0 aliphatic carbocycles. The fourth-order valence-electron chi connectivity index (χ4n) is 1.58. The van der Waals surface area contributed by atoms with E-state index in [1.165, 1.54) is 6.07 Å². The zero-order valence-electron chi connectivity index (χ0n) is 11.3. The first kappa shape index (κ1) is 16.4. The first-order chi connectivity index (χ1) is 9.54. The summed E-state index contributed by atoms with van der Waals surface area (Å²) in [5, 5.41) is 5.14. The molecule has 0 aliphatic rings. The van der Waals surface area contributed by atoms with Crippen LogP contribution in [0.5, 0.6) is 0 Å². The number of carbonyl (C=O) groups is 2. The van der Waals surface area contributed by atoms with Gasteiger partial charge in [-0.1, -0.05) is 18.2 Å². The number of amides is 2. The van der Waals surface area contributed by atoms with E-state index in [4.69, 9.17) is 11.6 Å². The fourth-order valence-corrected chi connectivity index (χ4v) is 1.72. The Morgan fingerprint density at radius 1 is 1.35 bits per heavy atom. The molecule has 0 aliphatic heterocycles. The summed E-state index contributed by atoms with van der Waals surface area (Å²) in [5.41, 5.74) is 0.404. The quantitative estimate of drug-likeness (QED) is 0.756. The number of halogens is 2. The first-order valence-corrected chi connectivity index (χ1v) is 6.94. The molecule has 1 aromatic rings. The number of carbonyl (C=O) groups excluding carboxylic acids is 2. The van der Waals surface area contributed by atoms with Crippen molar-refractivity contribution in [3.05, 3.63) is 35.6 Å². The van der Waals surface area contributed by atoms with Gasteiger partial charge in [-0.25, -0.2) is 4.39 Å². The predicted octanol–water partition coefficient (Wildman–Crippen LogP) is 1.97. The van der Waals surface area contributed by atoms with Crippen LogP contribution in [0.2, 0.25) is 0 Å². The molecule has 1 aromatic carbocycles. The van der Waals surface area contributed by atoms with Crippen LogP contribution >= 0.6 is 11.6 Å². The van der Waals surface area contributed by atoms with Crippen molar-refractivity contribution in [1.29, 1.82) is 0 Å². The maximum absolute atomic E-state index is 13.4. The number of nitrogens with one attached hydrogen (secondary N) is 2. The van der Waals surface area contributed by atoms with Crippen molar-refractivity contribution in [1.82, 2.24) is 10.6 Å². The lowest BCUT2D eigenvalue weighted by molar-refractivity contribution is -0.128. The van der Waals surface area contributed by atoms with Gasteiger partial charge in [-0.05, 0) is 19.4 Å². The molecular weight excluding hydrogens is 283 g/mol. The summed E-state index contributed by atoms with van der Waals surface area (Å²) >= 11 is 5.48. The van der Waals surface area contributed by atoms with E-state index in [0.717, 1.165) is 0 Å². The Morgan fingerprint density at radius 3 is 2.70 bits per heavy atom. The van der Waals surface area contributed by atoms with Crippen molar-refractivity contribution >= 4 is 23.4 Å². The average Bonchev–Trinajstić information content (AvgIpc) is 2.43. The molecule has 0 saturated heterocycles. The molecule has 1 atom stereocenters. The Kier molecular flexibility index (Phi) is 7.01. The second-order valence-corrected chi connectivity index (χ2v) is 4.77. The monoisotopic (exact) mass is 300 g/mol. The Hall–Kier alpha value is -1.62. The molecule has 6 heteroatoms. The number of hydrogen-bond acceptors (Lipinski definition) is 2. The van der Waals surface area contributed by atoms with Crippen LogP contribution in [0.15, 0.2) is 24.3 Å². The third-order valence-electron chi connectivity index (χ3n) is 2.72. The summed E-state index contributed by atoms with van der Waals surface area (Å²) in [4.78, 5) is 23.2. The molecule has 0 radical (unpaired) electrons. The Labute approximate surface area is 122 Å². The summed E-state index contributed by atoms with van der Waals surface area (Å²) in [7, 11) is 0. The maximum atomic E-state index is 13.4. The molecule has 0 spiro atoms. The van der Waals surface area contributed by atoms with Crippen molar-refractivity contribution in [3.63, 3.8) is 0 Å². The van der Waals surface area contributed by atoms with Crippen LogP contribution in [-0.4, -0.2) is 23.7 Å². The zero-order valence-corrected chi connectivity index (χ0v) is 12.0. The topological polar surface area (TPSA) is 58.2 Å². The summed E-state index contributed by atoms with van der Waals surface area (Å²) in [5.74, 6) is -0.542. The van der Waals surface area contributed by atoms with Gasteiger partial charge in [-0.2, -0.15) is 0 Å². The smallest absolute Gasteiger partial charge is 0.242 e. The molecule has 2 amide bonds. The Bertz CT molecular complexity index is 468. The van der Waals surface area contributed by atoms with Crippen LogP contribution in [0.4, 0.5) is 4.39 Å². The number of alkyl halides is 1. The molecule has 1 rings (SSSR count). The third-order valence-corrected chi connectivity index (χ3v) is 2.99. The number of rotatable bonds is 7. The average molecular weight is 301 g/mol. The molecule has 1 unspecified atom stereocenters. The normalized spacial score (nSPS) is 11.8. The minimum atomic E-state index is -0.662. The van der Waals surface area contributed by atoms with Crippen molar-refractivity contribution in [3.8, 4) is 0 Å². The van der Waals surface area contributed by atoms with Crippen molar-refractivity contribution in [2.75, 3.05) is 5.88 Å². The van der Waals surface area contributed by atoms with Gasteiger partial charge in [0.05, 0.1) is 0 Å². The van der Waals surface area contributed by atoms with Gasteiger partial charge in [-0.3, -0.25) is 9.59 Å². The number of benzene rings is 1. The van der Waals surface area contributed by atoms with E-state index in [1.807, 2.05) is 0 Å². The first-order valence-electron chi connectivity index (χ1n) is 6.41. The Morgan fingerprint density at radius 2 is 2.05 bits per heavy atom. The minimum absolute atomic E-state index is 0.0907. The maximum Gasteiger partial charge on any atom is 0.242 e. The van der Waals surface area contributed by atoms with E-state index in [-0.39, 0.29) is 30.6 Å². The molecular formula is C14H18ClFN2O2. The molecule has 2 N–H and O–H groups in total. The lowest BCUT2D eigenvalue weighted by Gasteiger charge is -2.14. The van der Waals surface area contributed by atoms with Crippen molar-refractivity contribution in [2.24, 2.45) is 0 Å². The van der Waals surface area contributed by atoms with Gasteiger partial charge in [0.15, 0.2) is 0 Å². The largest absolute Gasteiger partial charge is 0.350 e. The van der Waals surface area contributed by atoms with Gasteiger partial charge in [-0.15, -0.1) is 11.6 Å². The van der Waals surface area contributed by atoms with Gasteiger partial charge in [0.2, 0.25) is 11.8 Å². The van der Waals surface area contributed by atoms with Crippen molar-refractivity contribution < 1.29 is 14.0 Å². The van der Waals surface area contributed by atoms with E-state index < -0.39 is 6.04 Å². The minimum Gasteiger partial charge on any atom is -0.350 e. The van der Waals surface area contributed by atoms with E-state index in [1.54, 1.807) is 25.1 Å². The summed E-state index contributed by atoms with van der Waals surface area (Å²) in [6, 6.07) is 5.55. The predicted molar refractivity (Wildman–Crippen MR) is 75.8 cm³/mol. The standard InChI is InChI=1S/C14H18ClFN2O2/c1-10(18-13(19)7-4-8-15)14(20)17-9-11-5-2-3-6-12(11)16/h2-3,5-6,10H,4,7-9H2,1H3,(H,17,20)(H,18,19). The van der Waals surface area contributed by atoms with E-state index in [2.05, 4.69) is 10.6 Å². The summed E-state index contributed by atoms with van der Waals surface area (Å²) in [6.07, 6.45) is 0.853. The van der Waals surface area contributed by atoms with E-state index >= 15 is 0 Å². The SMILES string of the molecule is CC(NC(=O)CCCCl)C(=O)NCc1ccccc1F. The lowest BCUT2D eigenvalue weighted by Crippen LogP contribution is -2.44. The highest BCUT2D eigenvalue weighted by molar-refractivity contribution is 6.17. The van der Waals surface area contributed by atoms with Crippen LogP contribution in [0.25, 0.3) is 0 Å². The Balaban J connectivity index is 2.39. The highest BCUT2D eigenvalue weighted by Gasteiger charge is 2.15. The molecule has 0 saturated carbocycles. The van der Waals surface area contributed by atoms with Gasteiger partial charge < -0.3 is 10.6 Å². The van der Waals surface area contributed by atoms with Crippen LogP contribution in [0, 0.1) is 5.82 Å². The molecule has 20 heavy (non-hydrogen) atoms. The van der Waals surface area contributed by atoms with Crippen LogP contribution in [0.3, 0.4) is 0 Å². The van der Waals surface area contributed by atoms with Gasteiger partial charge >= 0.3 is 0 Å². The fraction of sp³-hybridized carbons (Fsp3) is 0.429. The number of hydrogen-bond donors (Lipinski definition) is 2. The highest BCUT2D eigenvalue weighted by atomic mass is 35.5. The van der Waals surface area contributed by atoms with Gasteiger partial charge in [0.1, 0.15) is 11.9 Å². The molecule has 0 bridgehead atoms. The van der Waals surface area contributed by atoms with E-state index in [0.29, 0.717) is 17.9 Å². The molecule has 4 nitrogen and oxygen atoms in total. The summed E-state index contributed by atoms with van der Waals surface area (Å²) < 4.78 is 13.4. The van der Waals surface area contributed by atoms with Crippen LogP contribution in [-0.2, 0) is 16.1 Å².